The number of furan rings is 1. The maximum absolute atomic E-state index is 12.1. The molecule has 31 heavy (non-hydrogen) atoms. The molecule has 4 rings (SSSR count). The Labute approximate surface area is 187 Å². The maximum Gasteiger partial charge on any atom is 0.226 e. The smallest absolute Gasteiger partial charge is 0.226 e. The van der Waals surface area contributed by atoms with Gasteiger partial charge < -0.3 is 20.0 Å². The fraction of sp³-hybridized carbons (Fsp3) is 0.292. The molecule has 2 aromatic heterocycles. The van der Waals surface area contributed by atoms with Crippen LogP contribution in [0.25, 0.3) is 0 Å². The van der Waals surface area contributed by atoms with Crippen molar-refractivity contribution >= 4 is 34.6 Å². The number of nitrogens with one attached hydrogen (secondary N) is 2. The number of nitrogens with zero attached hydrogens (tertiary/aromatic N) is 2. The molecule has 0 saturated carbocycles. The van der Waals surface area contributed by atoms with Crippen LogP contribution in [0.1, 0.15) is 48.7 Å². The Bertz CT molecular complexity index is 1110. The zero-order valence-corrected chi connectivity index (χ0v) is 18.9. The summed E-state index contributed by atoms with van der Waals surface area (Å²) < 4.78 is 6.03. The van der Waals surface area contributed by atoms with Gasteiger partial charge in [0.2, 0.25) is 5.91 Å². The lowest BCUT2D eigenvalue weighted by molar-refractivity contribution is -0.118. The normalized spacial score (nSPS) is 18.4. The molecule has 1 aliphatic rings. The van der Waals surface area contributed by atoms with Gasteiger partial charge in [0.05, 0.1) is 11.7 Å². The first-order valence-electron chi connectivity index (χ1n) is 10.3. The van der Waals surface area contributed by atoms with Crippen LogP contribution in [0.3, 0.4) is 0 Å². The predicted molar refractivity (Wildman–Crippen MR) is 126 cm³/mol. The Morgan fingerprint density at radius 2 is 2.00 bits per heavy atom. The van der Waals surface area contributed by atoms with E-state index in [1.54, 1.807) is 6.20 Å². The Hall–Kier alpha value is -3.19. The van der Waals surface area contributed by atoms with Gasteiger partial charge in [-0.05, 0) is 74.1 Å². The average Bonchev–Trinajstić information content (AvgIpc) is 3.32. The molecule has 0 bridgehead atoms. The minimum Gasteiger partial charge on any atom is -0.464 e. The first-order chi connectivity index (χ1) is 14.8. The summed E-state index contributed by atoms with van der Waals surface area (Å²) in [6.45, 7) is 7.66. The summed E-state index contributed by atoms with van der Waals surface area (Å²) in [5, 5.41) is 7.01. The van der Waals surface area contributed by atoms with E-state index in [-0.39, 0.29) is 23.9 Å². The van der Waals surface area contributed by atoms with Crippen molar-refractivity contribution in [1.29, 1.82) is 0 Å². The lowest BCUT2D eigenvalue weighted by atomic mass is 10.0. The minimum atomic E-state index is -0.188. The molecule has 1 saturated heterocycles. The van der Waals surface area contributed by atoms with E-state index in [9.17, 15) is 4.79 Å². The van der Waals surface area contributed by atoms with E-state index in [1.807, 2.05) is 76.2 Å². The Balaban J connectivity index is 1.73. The lowest BCUT2D eigenvalue weighted by Crippen LogP contribution is -2.29. The van der Waals surface area contributed by atoms with Gasteiger partial charge in [0.25, 0.3) is 0 Å². The summed E-state index contributed by atoms with van der Waals surface area (Å²) in [4.78, 5) is 18.7. The standard InChI is InChI=1S/C24H26N4O2S/c1-14(2)23(29)26-18-10-9-17(13-15(18)3)28-22(20-11-8-16(4)30-20)21(27-24(28)31)19-7-5-6-12-25-19/h5-14,21-22H,1-4H3,(H,26,29)(H,27,31)/t21-,22-/m0/s1. The molecule has 2 atom stereocenters. The number of thiocarbonyl (C=S) groups is 1. The number of hydrogen-bond donors (Lipinski definition) is 2. The van der Waals surface area contributed by atoms with Gasteiger partial charge >= 0.3 is 0 Å². The molecule has 1 aliphatic heterocycles. The van der Waals surface area contributed by atoms with Crippen LogP contribution in [0.15, 0.2) is 59.1 Å². The van der Waals surface area contributed by atoms with Crippen molar-refractivity contribution in [2.45, 2.75) is 39.8 Å². The topological polar surface area (TPSA) is 70.4 Å². The lowest BCUT2D eigenvalue weighted by Gasteiger charge is -2.27. The van der Waals surface area contributed by atoms with Gasteiger partial charge in [0, 0.05) is 23.5 Å². The van der Waals surface area contributed by atoms with Crippen LogP contribution in [-0.4, -0.2) is 16.0 Å². The Morgan fingerprint density at radius 1 is 1.19 bits per heavy atom. The largest absolute Gasteiger partial charge is 0.464 e. The molecular weight excluding hydrogens is 408 g/mol. The van der Waals surface area contributed by atoms with Crippen LogP contribution in [0.5, 0.6) is 0 Å². The molecule has 6 nitrogen and oxygen atoms in total. The SMILES string of the molecule is Cc1ccc([C@H]2[C@H](c3ccccn3)NC(=S)N2c2ccc(NC(=O)C(C)C)c(C)c2)o1. The third-order valence-electron chi connectivity index (χ3n) is 5.42. The molecule has 0 spiro atoms. The molecule has 3 aromatic rings. The van der Waals surface area contributed by atoms with Crippen LogP contribution < -0.4 is 15.5 Å². The summed E-state index contributed by atoms with van der Waals surface area (Å²) in [5.74, 6) is 1.57. The van der Waals surface area contributed by atoms with E-state index in [2.05, 4.69) is 20.5 Å². The summed E-state index contributed by atoms with van der Waals surface area (Å²) in [6.07, 6.45) is 1.78. The third kappa shape index (κ3) is 4.18. The fourth-order valence-electron chi connectivity index (χ4n) is 3.75. The zero-order valence-electron chi connectivity index (χ0n) is 18.0. The summed E-state index contributed by atoms with van der Waals surface area (Å²) in [7, 11) is 0. The molecule has 0 radical (unpaired) electrons. The van der Waals surface area contributed by atoms with Crippen molar-refractivity contribution in [3.05, 3.63) is 77.5 Å². The number of amides is 1. The first-order valence-corrected chi connectivity index (χ1v) is 10.7. The third-order valence-corrected chi connectivity index (χ3v) is 5.74. The average molecular weight is 435 g/mol. The fourth-order valence-corrected chi connectivity index (χ4v) is 4.10. The predicted octanol–water partition coefficient (Wildman–Crippen LogP) is 5.06. The number of aryl methyl sites for hydroxylation is 2. The van der Waals surface area contributed by atoms with Crippen molar-refractivity contribution in [2.24, 2.45) is 5.92 Å². The Kier molecular flexibility index (Phi) is 5.78. The summed E-state index contributed by atoms with van der Waals surface area (Å²) >= 11 is 5.74. The molecule has 1 aromatic carbocycles. The van der Waals surface area contributed by atoms with Crippen LogP contribution in [0.4, 0.5) is 11.4 Å². The van der Waals surface area contributed by atoms with Crippen molar-refractivity contribution < 1.29 is 9.21 Å². The zero-order chi connectivity index (χ0) is 22.1. The molecular formula is C24H26N4O2S. The van der Waals surface area contributed by atoms with E-state index in [4.69, 9.17) is 16.6 Å². The number of aromatic nitrogens is 1. The first kappa shape index (κ1) is 21.1. The van der Waals surface area contributed by atoms with Crippen LogP contribution in [0.2, 0.25) is 0 Å². The molecule has 160 valence electrons. The highest BCUT2D eigenvalue weighted by molar-refractivity contribution is 7.80. The molecule has 3 heterocycles. The molecule has 0 aliphatic carbocycles. The number of rotatable bonds is 5. The quantitative estimate of drug-likeness (QED) is 0.547. The van der Waals surface area contributed by atoms with Crippen molar-refractivity contribution in [1.82, 2.24) is 10.3 Å². The number of carbonyl (C=O) groups is 1. The van der Waals surface area contributed by atoms with Crippen molar-refractivity contribution in [2.75, 3.05) is 10.2 Å². The molecule has 2 N–H and O–H groups in total. The van der Waals surface area contributed by atoms with Crippen molar-refractivity contribution in [3.63, 3.8) is 0 Å². The second-order valence-electron chi connectivity index (χ2n) is 8.09. The monoisotopic (exact) mass is 434 g/mol. The number of carbonyl (C=O) groups excluding carboxylic acids is 1. The minimum absolute atomic E-state index is 0.00615. The van der Waals surface area contributed by atoms with E-state index < -0.39 is 0 Å². The molecule has 1 amide bonds. The number of hydrogen-bond acceptors (Lipinski definition) is 4. The summed E-state index contributed by atoms with van der Waals surface area (Å²) in [6, 6.07) is 15.4. The highest BCUT2D eigenvalue weighted by atomic mass is 32.1. The van der Waals surface area contributed by atoms with Gasteiger partial charge in [-0.1, -0.05) is 19.9 Å². The molecule has 1 fully saturated rings. The van der Waals surface area contributed by atoms with Gasteiger partial charge in [-0.3, -0.25) is 9.78 Å². The highest BCUT2D eigenvalue weighted by Gasteiger charge is 2.42. The number of benzene rings is 1. The van der Waals surface area contributed by atoms with Crippen LogP contribution in [0, 0.1) is 19.8 Å². The molecule has 0 unspecified atom stereocenters. The summed E-state index contributed by atoms with van der Waals surface area (Å²) in [5.41, 5.74) is 3.58. The van der Waals surface area contributed by atoms with Gasteiger partial charge in [-0.2, -0.15) is 0 Å². The van der Waals surface area contributed by atoms with Gasteiger partial charge in [0.1, 0.15) is 17.6 Å². The molecule has 7 heteroatoms. The number of pyridine rings is 1. The maximum atomic E-state index is 12.1. The highest BCUT2D eigenvalue weighted by Crippen LogP contribution is 2.42. The second-order valence-corrected chi connectivity index (χ2v) is 8.47. The van der Waals surface area contributed by atoms with E-state index >= 15 is 0 Å². The van der Waals surface area contributed by atoms with Crippen LogP contribution in [-0.2, 0) is 4.79 Å². The van der Waals surface area contributed by atoms with Crippen LogP contribution >= 0.6 is 12.2 Å². The number of anilines is 2. The van der Waals surface area contributed by atoms with E-state index in [1.165, 1.54) is 0 Å². The Morgan fingerprint density at radius 3 is 2.61 bits per heavy atom. The second kappa shape index (κ2) is 8.51. The van der Waals surface area contributed by atoms with Gasteiger partial charge in [-0.25, -0.2) is 0 Å². The van der Waals surface area contributed by atoms with Gasteiger partial charge in [0.15, 0.2) is 5.11 Å². The van der Waals surface area contributed by atoms with Crippen molar-refractivity contribution in [3.8, 4) is 0 Å². The van der Waals surface area contributed by atoms with E-state index in [0.29, 0.717) is 5.11 Å². The van der Waals surface area contributed by atoms with E-state index in [0.717, 1.165) is 34.2 Å². The van der Waals surface area contributed by atoms with Gasteiger partial charge in [-0.15, -0.1) is 0 Å².